The van der Waals surface area contributed by atoms with Gasteiger partial charge in [0.15, 0.2) is 5.72 Å². The molecule has 132 valence electrons. The lowest BCUT2D eigenvalue weighted by Gasteiger charge is -2.41. The minimum Gasteiger partial charge on any atom is -0.497 e. The fourth-order valence-corrected chi connectivity index (χ4v) is 2.38. The molecule has 0 spiro atoms. The van der Waals surface area contributed by atoms with E-state index in [0.717, 1.165) is 0 Å². The molecule has 1 N–H and O–H groups in total. The van der Waals surface area contributed by atoms with E-state index in [-0.39, 0.29) is 5.56 Å². The monoisotopic (exact) mass is 344 g/mol. The van der Waals surface area contributed by atoms with Crippen LogP contribution in [0.3, 0.4) is 0 Å². The van der Waals surface area contributed by atoms with E-state index in [1.165, 1.54) is 25.3 Å². The molecule has 8 heteroatoms. The number of methoxy groups -OCH3 is 1. The molecule has 1 aliphatic heterocycles. The van der Waals surface area contributed by atoms with Gasteiger partial charge in [0, 0.05) is 17.4 Å². The van der Waals surface area contributed by atoms with Crippen molar-refractivity contribution in [3.8, 4) is 5.75 Å². The number of nitrogens with zero attached hydrogens (tertiary/aromatic N) is 2. The number of carbonyl (C=O) groups is 1. The van der Waals surface area contributed by atoms with Gasteiger partial charge in [-0.1, -0.05) is 26.8 Å². The highest BCUT2D eigenvalue weighted by Gasteiger charge is 2.57. The van der Waals surface area contributed by atoms with E-state index in [4.69, 9.17) is 4.74 Å². The number of hydrogen-bond donors (Lipinski definition) is 1. The van der Waals surface area contributed by atoms with Gasteiger partial charge in [0.25, 0.3) is 5.91 Å². The van der Waals surface area contributed by atoms with Crippen LogP contribution in [-0.2, 0) is 0 Å². The molecule has 1 aliphatic rings. The Hall–Kier alpha value is -2.09. The first-order chi connectivity index (χ1) is 10.9. The van der Waals surface area contributed by atoms with Crippen LogP contribution in [0, 0.1) is 5.41 Å². The maximum Gasteiger partial charge on any atom is 0.431 e. The summed E-state index contributed by atoms with van der Waals surface area (Å²) in [5.41, 5.74) is -4.24. The molecular formula is C16H19F3N2O3. The normalized spacial score (nSPS) is 21.7. The van der Waals surface area contributed by atoms with Crippen LogP contribution in [0.4, 0.5) is 13.2 Å². The van der Waals surface area contributed by atoms with Gasteiger partial charge in [-0.15, -0.1) is 0 Å². The Morgan fingerprint density at radius 2 is 1.96 bits per heavy atom. The van der Waals surface area contributed by atoms with E-state index in [9.17, 15) is 23.1 Å². The Balaban J connectivity index is 2.49. The van der Waals surface area contributed by atoms with Crippen molar-refractivity contribution < 1.29 is 27.8 Å². The van der Waals surface area contributed by atoms with Crippen LogP contribution < -0.4 is 4.74 Å². The van der Waals surface area contributed by atoms with Gasteiger partial charge >= 0.3 is 6.18 Å². The largest absolute Gasteiger partial charge is 0.497 e. The highest BCUT2D eigenvalue weighted by Crippen LogP contribution is 2.44. The molecule has 0 bridgehead atoms. The zero-order valence-electron chi connectivity index (χ0n) is 13.8. The molecule has 1 amide bonds. The second-order valence-corrected chi connectivity index (χ2v) is 6.64. The Bertz CT molecular complexity index is 680. The molecule has 0 aliphatic carbocycles. The maximum atomic E-state index is 13.1. The third-order valence-electron chi connectivity index (χ3n) is 4.02. The number of alkyl halides is 3. The highest BCUT2D eigenvalue weighted by atomic mass is 19.4. The van der Waals surface area contributed by atoms with Crippen molar-refractivity contribution in [2.45, 2.75) is 39.1 Å². The molecule has 1 atom stereocenters. The first-order valence-corrected chi connectivity index (χ1v) is 7.26. The van der Waals surface area contributed by atoms with Crippen molar-refractivity contribution in [2.24, 2.45) is 10.5 Å². The van der Waals surface area contributed by atoms with Gasteiger partial charge in [-0.3, -0.25) is 4.79 Å². The number of carbonyl (C=O) groups excluding carboxylic acids is 1. The molecule has 5 nitrogen and oxygen atoms in total. The standard InChI is InChI=1S/C16H19F3N2O3/c1-14(2,3)15(23)9-12(16(17,18)19)20-21(15)13(22)10-6-5-7-11(8-10)24-4/h5-8,23H,9H2,1-4H3/t15-/m1/s1. The molecular weight excluding hydrogens is 325 g/mol. The van der Waals surface area contributed by atoms with Crippen molar-refractivity contribution >= 4 is 11.6 Å². The van der Waals surface area contributed by atoms with Crippen LogP contribution in [-0.4, -0.2) is 40.7 Å². The van der Waals surface area contributed by atoms with Crippen molar-refractivity contribution in [1.82, 2.24) is 5.01 Å². The van der Waals surface area contributed by atoms with Gasteiger partial charge in [0.1, 0.15) is 11.5 Å². The summed E-state index contributed by atoms with van der Waals surface area (Å²) in [6.07, 6.45) is -5.50. The SMILES string of the molecule is COc1cccc(C(=O)N2N=C(C(F)(F)F)C[C@@]2(O)C(C)(C)C)c1. The maximum absolute atomic E-state index is 13.1. The predicted octanol–water partition coefficient (Wildman–Crippen LogP) is 3.19. The van der Waals surface area contributed by atoms with Crippen molar-refractivity contribution in [1.29, 1.82) is 0 Å². The molecule has 0 aromatic heterocycles. The quantitative estimate of drug-likeness (QED) is 0.896. The molecule has 0 saturated carbocycles. The number of rotatable bonds is 2. The molecule has 24 heavy (non-hydrogen) atoms. The predicted molar refractivity (Wildman–Crippen MR) is 81.7 cm³/mol. The molecule has 1 aromatic carbocycles. The number of halogens is 3. The molecule has 1 heterocycles. The molecule has 1 aromatic rings. The minimum absolute atomic E-state index is 0.0733. The summed E-state index contributed by atoms with van der Waals surface area (Å²) < 4.78 is 44.2. The molecule has 2 rings (SSSR count). The number of hydrogen-bond acceptors (Lipinski definition) is 4. The van der Waals surface area contributed by atoms with E-state index in [1.54, 1.807) is 26.8 Å². The Morgan fingerprint density at radius 3 is 2.46 bits per heavy atom. The number of benzene rings is 1. The van der Waals surface area contributed by atoms with Crippen molar-refractivity contribution in [3.63, 3.8) is 0 Å². The summed E-state index contributed by atoms with van der Waals surface area (Å²) in [6, 6.07) is 5.94. The van der Waals surface area contributed by atoms with E-state index < -0.39 is 35.4 Å². The van der Waals surface area contributed by atoms with E-state index in [2.05, 4.69) is 5.10 Å². The third-order valence-corrected chi connectivity index (χ3v) is 4.02. The van der Waals surface area contributed by atoms with Gasteiger partial charge in [-0.25, -0.2) is 0 Å². The minimum atomic E-state index is -4.72. The Morgan fingerprint density at radius 1 is 1.33 bits per heavy atom. The molecule has 0 saturated heterocycles. The topological polar surface area (TPSA) is 62.1 Å². The summed E-state index contributed by atoms with van der Waals surface area (Å²) in [5.74, 6) is -0.454. The molecule has 0 radical (unpaired) electrons. The lowest BCUT2D eigenvalue weighted by atomic mass is 9.80. The Kier molecular flexibility index (Phi) is 4.39. The second kappa shape index (κ2) is 5.77. The second-order valence-electron chi connectivity index (χ2n) is 6.64. The van der Waals surface area contributed by atoms with E-state index in [0.29, 0.717) is 10.8 Å². The van der Waals surface area contributed by atoms with Gasteiger partial charge in [-0.2, -0.15) is 23.3 Å². The zero-order chi connectivity index (χ0) is 18.3. The van der Waals surface area contributed by atoms with Crippen LogP contribution in [0.5, 0.6) is 5.75 Å². The van der Waals surface area contributed by atoms with Crippen LogP contribution >= 0.6 is 0 Å². The van der Waals surface area contributed by atoms with E-state index in [1.807, 2.05) is 0 Å². The first kappa shape index (κ1) is 18.3. The first-order valence-electron chi connectivity index (χ1n) is 7.26. The third kappa shape index (κ3) is 3.10. The van der Waals surface area contributed by atoms with E-state index >= 15 is 0 Å². The molecule has 0 unspecified atom stereocenters. The average molecular weight is 344 g/mol. The summed E-state index contributed by atoms with van der Waals surface area (Å²) in [4.78, 5) is 12.7. The number of amides is 1. The van der Waals surface area contributed by atoms with Gasteiger partial charge in [0.2, 0.25) is 0 Å². The van der Waals surface area contributed by atoms with Crippen LogP contribution in [0.25, 0.3) is 0 Å². The summed E-state index contributed by atoms with van der Waals surface area (Å²) in [6.45, 7) is 4.65. The van der Waals surface area contributed by atoms with Crippen LogP contribution in [0.2, 0.25) is 0 Å². The zero-order valence-corrected chi connectivity index (χ0v) is 13.8. The number of ether oxygens (including phenoxy) is 1. The fourth-order valence-electron chi connectivity index (χ4n) is 2.38. The fraction of sp³-hybridized carbons (Fsp3) is 0.500. The highest BCUT2D eigenvalue weighted by molar-refractivity contribution is 6.00. The Labute approximate surface area is 137 Å². The van der Waals surface area contributed by atoms with Crippen LogP contribution in [0.1, 0.15) is 37.6 Å². The van der Waals surface area contributed by atoms with Gasteiger partial charge in [-0.05, 0) is 18.2 Å². The van der Waals surface area contributed by atoms with Crippen LogP contribution in [0.15, 0.2) is 29.4 Å². The number of aliphatic hydroxyl groups is 1. The summed E-state index contributed by atoms with van der Waals surface area (Å²) >= 11 is 0. The summed E-state index contributed by atoms with van der Waals surface area (Å²) in [7, 11) is 1.41. The smallest absolute Gasteiger partial charge is 0.431 e. The number of hydrazone groups is 1. The summed E-state index contributed by atoms with van der Waals surface area (Å²) in [5, 5.41) is 14.8. The lowest BCUT2D eigenvalue weighted by Crippen LogP contribution is -2.55. The van der Waals surface area contributed by atoms with Gasteiger partial charge < -0.3 is 9.84 Å². The van der Waals surface area contributed by atoms with Crippen molar-refractivity contribution in [2.75, 3.05) is 7.11 Å². The van der Waals surface area contributed by atoms with Crippen molar-refractivity contribution in [3.05, 3.63) is 29.8 Å². The van der Waals surface area contributed by atoms with Gasteiger partial charge in [0.05, 0.1) is 7.11 Å². The molecule has 0 fully saturated rings. The lowest BCUT2D eigenvalue weighted by molar-refractivity contribution is -0.144. The average Bonchev–Trinajstić information content (AvgIpc) is 2.85.